The highest BCUT2D eigenvalue weighted by atomic mass is 32.3. The third-order valence-corrected chi connectivity index (χ3v) is 6.37. The molecular formula is C14H20N6O5S2. The molecule has 0 fully saturated rings. The molecule has 1 N–H and O–H groups in total. The number of sulfonamides is 1. The highest BCUT2D eigenvalue weighted by Crippen LogP contribution is 2.27. The number of carbonyl (C=O) groups is 1. The Hall–Kier alpha value is -2.41. The predicted octanol–water partition coefficient (Wildman–Crippen LogP) is 2.06. The second-order valence-electron chi connectivity index (χ2n) is 5.17. The van der Waals surface area contributed by atoms with E-state index in [0.29, 0.717) is 12.3 Å². The Bertz CT molecular complexity index is 807. The van der Waals surface area contributed by atoms with Crippen LogP contribution in [0, 0.1) is 0 Å². The highest BCUT2D eigenvalue weighted by molar-refractivity contribution is 8.13. The van der Waals surface area contributed by atoms with Gasteiger partial charge in [0, 0.05) is 12.3 Å². The first-order valence-electron chi connectivity index (χ1n) is 7.88. The molecule has 1 atom stereocenters. The van der Waals surface area contributed by atoms with E-state index in [0.717, 1.165) is 6.42 Å². The third-order valence-electron chi connectivity index (χ3n) is 3.20. The molecule has 0 aliphatic carbocycles. The Balaban J connectivity index is 2.10. The van der Waals surface area contributed by atoms with Gasteiger partial charge in [-0.3, -0.25) is 5.32 Å². The number of thioether (sulfide) groups is 1. The van der Waals surface area contributed by atoms with Crippen molar-refractivity contribution in [2.45, 2.75) is 18.1 Å². The first kappa shape index (κ1) is 20.9. The summed E-state index contributed by atoms with van der Waals surface area (Å²) in [5, 5.41) is 5.46. The average molecular weight is 416 g/mol. The number of hydrogen-bond donors (Lipinski definition) is 1. The summed E-state index contributed by atoms with van der Waals surface area (Å²) in [4.78, 5) is 21.4. The maximum atomic E-state index is 12.4. The summed E-state index contributed by atoms with van der Waals surface area (Å²) >= 11 is 1.19. The van der Waals surface area contributed by atoms with E-state index < -0.39 is 20.8 Å². The Morgan fingerprint density at radius 1 is 1.37 bits per heavy atom. The summed E-state index contributed by atoms with van der Waals surface area (Å²) in [7, 11) is -1.25. The zero-order valence-corrected chi connectivity index (χ0v) is 16.7. The van der Waals surface area contributed by atoms with E-state index in [2.05, 4.69) is 24.9 Å². The fourth-order valence-corrected chi connectivity index (χ4v) is 4.66. The number of nitrogens with one attached hydrogen (secondary N) is 1. The van der Waals surface area contributed by atoms with Crippen molar-refractivity contribution >= 4 is 33.8 Å². The first-order valence-corrected chi connectivity index (χ1v) is 10.4. The number of aromatic nitrogens is 2. The van der Waals surface area contributed by atoms with Crippen LogP contribution in [-0.4, -0.2) is 60.5 Å². The van der Waals surface area contributed by atoms with Crippen molar-refractivity contribution < 1.29 is 22.7 Å². The average Bonchev–Trinajstić information content (AvgIpc) is 2.66. The van der Waals surface area contributed by atoms with Crippen LogP contribution in [0.1, 0.15) is 13.3 Å². The number of amides is 2. The maximum Gasteiger partial charge on any atom is 0.367 e. The Labute approximate surface area is 161 Å². The maximum absolute atomic E-state index is 12.4. The zero-order valence-electron chi connectivity index (χ0n) is 15.0. The molecule has 1 unspecified atom stereocenters. The van der Waals surface area contributed by atoms with Crippen molar-refractivity contribution in [3.05, 3.63) is 18.3 Å². The van der Waals surface area contributed by atoms with E-state index in [1.54, 1.807) is 11.1 Å². The predicted molar refractivity (Wildman–Crippen MR) is 100 cm³/mol. The van der Waals surface area contributed by atoms with Crippen molar-refractivity contribution in [3.63, 3.8) is 0 Å². The molecule has 0 spiro atoms. The van der Waals surface area contributed by atoms with Gasteiger partial charge in [0.25, 0.3) is 0 Å². The van der Waals surface area contributed by atoms with E-state index in [4.69, 9.17) is 9.47 Å². The van der Waals surface area contributed by atoms with Crippen LogP contribution in [0.4, 0.5) is 10.7 Å². The van der Waals surface area contributed by atoms with Crippen LogP contribution in [0.15, 0.2) is 28.0 Å². The van der Waals surface area contributed by atoms with E-state index in [1.165, 1.54) is 32.0 Å². The summed E-state index contributed by atoms with van der Waals surface area (Å²) < 4.78 is 37.1. The molecule has 27 heavy (non-hydrogen) atoms. The molecular weight excluding hydrogens is 396 g/mol. The van der Waals surface area contributed by atoms with Gasteiger partial charge in [-0.1, -0.05) is 22.6 Å². The summed E-state index contributed by atoms with van der Waals surface area (Å²) in [6, 6.07) is 0.380. The second-order valence-corrected chi connectivity index (χ2v) is 8.22. The van der Waals surface area contributed by atoms with E-state index >= 15 is 0 Å². The topological polar surface area (TPSA) is 135 Å². The van der Waals surface area contributed by atoms with Crippen LogP contribution >= 0.6 is 11.8 Å². The molecule has 11 nitrogen and oxygen atoms in total. The molecule has 1 aliphatic heterocycles. The lowest BCUT2D eigenvalue weighted by molar-refractivity contribution is 0.258. The molecule has 1 aromatic rings. The van der Waals surface area contributed by atoms with Crippen LogP contribution in [0.5, 0.6) is 11.8 Å². The Morgan fingerprint density at radius 3 is 2.63 bits per heavy atom. The number of hydrogen-bond acceptors (Lipinski definition) is 9. The van der Waals surface area contributed by atoms with Gasteiger partial charge in [0.2, 0.25) is 22.4 Å². The molecule has 2 rings (SSSR count). The molecule has 13 heteroatoms. The summed E-state index contributed by atoms with van der Waals surface area (Å²) in [5.41, 5.74) is 0. The standard InChI is InChI=1S/C14H20N6O5S2/c1-4-6-20-7-5-8-26-14(20)27(22,23)19-18-13(21)17-12-15-10(24-2)9-11(16-12)25-3/h5,7,9,14H,4,6,8H2,1-3H3,(H,15,16,17,21)/b19-18+. The summed E-state index contributed by atoms with van der Waals surface area (Å²) in [6.07, 6.45) is 4.35. The van der Waals surface area contributed by atoms with Gasteiger partial charge in [0.05, 0.1) is 20.3 Å². The molecule has 148 valence electrons. The van der Waals surface area contributed by atoms with Gasteiger partial charge in [-0.05, 0) is 12.6 Å². The zero-order chi connectivity index (χ0) is 19.9. The van der Waals surface area contributed by atoms with E-state index in [-0.39, 0.29) is 17.7 Å². The molecule has 0 saturated carbocycles. The molecule has 2 heterocycles. The fraction of sp³-hybridized carbons (Fsp3) is 0.500. The number of ether oxygens (including phenoxy) is 2. The van der Waals surface area contributed by atoms with Gasteiger partial charge in [0.15, 0.2) is 0 Å². The molecule has 0 saturated heterocycles. The van der Waals surface area contributed by atoms with Gasteiger partial charge < -0.3 is 14.4 Å². The largest absolute Gasteiger partial charge is 0.481 e. The molecule has 0 aromatic carbocycles. The smallest absolute Gasteiger partial charge is 0.367 e. The molecule has 1 aliphatic rings. The van der Waals surface area contributed by atoms with Crippen LogP contribution in [0.2, 0.25) is 0 Å². The quantitative estimate of drug-likeness (QED) is 0.662. The second kappa shape index (κ2) is 9.50. The SMILES string of the molecule is CCCN1C=CCSC1S(=O)(=O)/N=N/C(=O)Nc1nc(OC)cc(OC)n1. The minimum atomic E-state index is -4.02. The van der Waals surface area contributed by atoms with Crippen molar-refractivity contribution in [2.24, 2.45) is 9.63 Å². The minimum Gasteiger partial charge on any atom is -0.481 e. The minimum absolute atomic E-state index is 0.155. The normalized spacial score (nSPS) is 17.1. The molecule has 0 bridgehead atoms. The van der Waals surface area contributed by atoms with Gasteiger partial charge in [0.1, 0.15) is 0 Å². The lowest BCUT2D eigenvalue weighted by Crippen LogP contribution is -2.36. The number of rotatable bonds is 7. The van der Waals surface area contributed by atoms with E-state index in [1.807, 2.05) is 13.0 Å². The first-order chi connectivity index (χ1) is 12.9. The monoisotopic (exact) mass is 416 g/mol. The lowest BCUT2D eigenvalue weighted by Gasteiger charge is -2.29. The van der Waals surface area contributed by atoms with Crippen LogP contribution in [0.3, 0.4) is 0 Å². The van der Waals surface area contributed by atoms with Crippen molar-refractivity contribution in [1.29, 1.82) is 0 Å². The number of carbonyl (C=O) groups excluding carboxylic acids is 1. The number of methoxy groups -OCH3 is 2. The van der Waals surface area contributed by atoms with E-state index in [9.17, 15) is 13.2 Å². The van der Waals surface area contributed by atoms with Gasteiger partial charge in [-0.25, -0.2) is 4.79 Å². The molecule has 2 amide bonds. The van der Waals surface area contributed by atoms with Crippen molar-refractivity contribution in [2.75, 3.05) is 31.8 Å². The Kier molecular flexibility index (Phi) is 7.36. The summed E-state index contributed by atoms with van der Waals surface area (Å²) in [6.45, 7) is 2.49. The number of anilines is 1. The summed E-state index contributed by atoms with van der Waals surface area (Å²) in [5.74, 6) is 0.684. The Morgan fingerprint density at radius 2 is 2.04 bits per heavy atom. The van der Waals surface area contributed by atoms with Gasteiger partial charge >= 0.3 is 16.1 Å². The van der Waals surface area contributed by atoms with Crippen LogP contribution in [-0.2, 0) is 10.0 Å². The van der Waals surface area contributed by atoms with Gasteiger partial charge in [-0.15, -0.1) is 11.8 Å². The number of nitrogens with zero attached hydrogens (tertiary/aromatic N) is 5. The van der Waals surface area contributed by atoms with Crippen molar-refractivity contribution in [1.82, 2.24) is 14.9 Å². The van der Waals surface area contributed by atoms with Crippen LogP contribution < -0.4 is 14.8 Å². The molecule has 0 radical (unpaired) electrons. The highest BCUT2D eigenvalue weighted by Gasteiger charge is 2.32. The lowest BCUT2D eigenvalue weighted by atomic mass is 10.4. The van der Waals surface area contributed by atoms with Gasteiger partial charge in [-0.2, -0.15) is 18.4 Å². The molecule has 1 aromatic heterocycles. The fourth-order valence-electron chi connectivity index (χ4n) is 2.10. The third kappa shape index (κ3) is 5.79. The van der Waals surface area contributed by atoms with Crippen molar-refractivity contribution in [3.8, 4) is 11.8 Å². The number of urea groups is 1. The van der Waals surface area contributed by atoms with Crippen LogP contribution in [0.25, 0.3) is 0 Å².